The molecule has 4 nitrogen and oxygen atoms in total. The maximum atomic E-state index is 13.5. The van der Waals surface area contributed by atoms with Crippen LogP contribution in [0.4, 0.5) is 10.1 Å². The predicted octanol–water partition coefficient (Wildman–Crippen LogP) is 2.90. The molecule has 0 bridgehead atoms. The first-order valence-electron chi connectivity index (χ1n) is 7.94. The van der Waals surface area contributed by atoms with Crippen LogP contribution in [-0.2, 0) is 24.3 Å². The number of nitrogens with zero attached hydrogens (tertiary/aromatic N) is 2. The molecule has 2 aromatic carbocycles. The van der Waals surface area contributed by atoms with E-state index in [1.54, 1.807) is 6.07 Å². The zero-order valence-electron chi connectivity index (χ0n) is 13.9. The summed E-state index contributed by atoms with van der Waals surface area (Å²) in [6, 6.07) is 12.1. The molecule has 0 radical (unpaired) electrons. The van der Waals surface area contributed by atoms with Crippen LogP contribution >= 0.6 is 0 Å². The molecule has 1 N–H and O–H groups in total. The van der Waals surface area contributed by atoms with E-state index in [-0.39, 0.29) is 5.82 Å². The van der Waals surface area contributed by atoms with Crippen LogP contribution in [0.5, 0.6) is 0 Å². The summed E-state index contributed by atoms with van der Waals surface area (Å²) < 4.78 is 13.5. The smallest absolute Gasteiger partial charge is 0.321 e. The molecule has 5 heteroatoms. The topological polar surface area (TPSA) is 43.8 Å². The number of rotatable bonds is 4. The van der Waals surface area contributed by atoms with Gasteiger partial charge in [0, 0.05) is 32.9 Å². The third kappa shape index (κ3) is 3.41. The molecule has 1 heterocycles. The van der Waals surface area contributed by atoms with Gasteiger partial charge in [-0.05, 0) is 47.4 Å². The van der Waals surface area contributed by atoms with Gasteiger partial charge in [0.1, 0.15) is 11.9 Å². The van der Waals surface area contributed by atoms with Crippen molar-refractivity contribution in [3.05, 3.63) is 65.0 Å². The minimum absolute atomic E-state index is 0.280. The minimum Gasteiger partial charge on any atom is -0.480 e. The number of anilines is 1. The van der Waals surface area contributed by atoms with Gasteiger partial charge in [-0.1, -0.05) is 18.2 Å². The highest BCUT2D eigenvalue weighted by molar-refractivity contribution is 5.74. The molecule has 0 fully saturated rings. The maximum absolute atomic E-state index is 13.5. The number of halogens is 1. The van der Waals surface area contributed by atoms with Crippen LogP contribution in [0.25, 0.3) is 0 Å². The maximum Gasteiger partial charge on any atom is 0.321 e. The van der Waals surface area contributed by atoms with Crippen molar-refractivity contribution in [1.29, 1.82) is 0 Å². The minimum atomic E-state index is -0.838. The van der Waals surface area contributed by atoms with Crippen molar-refractivity contribution in [2.24, 2.45) is 0 Å². The van der Waals surface area contributed by atoms with Crippen molar-refractivity contribution >= 4 is 11.7 Å². The Morgan fingerprint density at radius 1 is 1.21 bits per heavy atom. The third-order valence-corrected chi connectivity index (χ3v) is 4.52. The van der Waals surface area contributed by atoms with Crippen molar-refractivity contribution in [2.75, 3.05) is 19.0 Å². The van der Waals surface area contributed by atoms with Crippen LogP contribution in [0.2, 0.25) is 0 Å². The van der Waals surface area contributed by atoms with Gasteiger partial charge in [-0.15, -0.1) is 0 Å². The fourth-order valence-corrected chi connectivity index (χ4v) is 3.15. The van der Waals surface area contributed by atoms with Crippen molar-refractivity contribution in [2.45, 2.75) is 25.6 Å². The van der Waals surface area contributed by atoms with Crippen molar-refractivity contribution < 1.29 is 14.3 Å². The van der Waals surface area contributed by atoms with E-state index in [0.717, 1.165) is 22.4 Å². The normalized spacial score (nSPS) is 17.4. The lowest BCUT2D eigenvalue weighted by molar-refractivity contribution is -0.144. The quantitative estimate of drug-likeness (QED) is 0.937. The second-order valence-corrected chi connectivity index (χ2v) is 6.44. The van der Waals surface area contributed by atoms with E-state index in [9.17, 15) is 14.3 Å². The van der Waals surface area contributed by atoms with Gasteiger partial charge in [-0.25, -0.2) is 4.39 Å². The Labute approximate surface area is 141 Å². The lowest BCUT2D eigenvalue weighted by atomic mass is 9.93. The van der Waals surface area contributed by atoms with Crippen LogP contribution < -0.4 is 4.90 Å². The lowest BCUT2D eigenvalue weighted by Gasteiger charge is -2.34. The fourth-order valence-electron chi connectivity index (χ4n) is 3.15. The highest BCUT2D eigenvalue weighted by atomic mass is 19.1. The summed E-state index contributed by atoms with van der Waals surface area (Å²) in [4.78, 5) is 15.6. The number of fused-ring (bicyclic) bond motifs is 1. The average molecular weight is 328 g/mol. The van der Waals surface area contributed by atoms with E-state index >= 15 is 0 Å². The van der Waals surface area contributed by atoms with E-state index in [1.165, 1.54) is 12.1 Å². The van der Waals surface area contributed by atoms with Crippen LogP contribution in [0.1, 0.15) is 16.7 Å². The first-order valence-corrected chi connectivity index (χ1v) is 7.94. The number of carboxylic acids is 1. The molecule has 24 heavy (non-hydrogen) atoms. The van der Waals surface area contributed by atoms with Crippen molar-refractivity contribution in [3.8, 4) is 0 Å². The van der Waals surface area contributed by atoms with E-state index in [0.29, 0.717) is 19.5 Å². The molecule has 1 aliphatic heterocycles. The molecule has 0 aliphatic carbocycles. The number of carboxylic acid groups (broad SMARTS) is 1. The molecule has 0 aromatic heterocycles. The Balaban J connectivity index is 1.83. The molecule has 1 aliphatic rings. The molecule has 0 saturated carbocycles. The summed E-state index contributed by atoms with van der Waals surface area (Å²) in [5.41, 5.74) is 3.94. The highest BCUT2D eigenvalue weighted by Crippen LogP contribution is 2.26. The van der Waals surface area contributed by atoms with E-state index in [2.05, 4.69) is 0 Å². The van der Waals surface area contributed by atoms with Crippen LogP contribution in [0.15, 0.2) is 42.5 Å². The van der Waals surface area contributed by atoms with E-state index in [4.69, 9.17) is 0 Å². The molecular weight excluding hydrogens is 307 g/mol. The van der Waals surface area contributed by atoms with Gasteiger partial charge in [-0.3, -0.25) is 9.69 Å². The Hall–Kier alpha value is -2.40. The summed E-state index contributed by atoms with van der Waals surface area (Å²) in [7, 11) is 3.96. The Morgan fingerprint density at radius 3 is 2.54 bits per heavy atom. The molecule has 126 valence electrons. The van der Waals surface area contributed by atoms with Crippen molar-refractivity contribution in [3.63, 3.8) is 0 Å². The van der Waals surface area contributed by atoms with Gasteiger partial charge in [-0.2, -0.15) is 0 Å². The highest BCUT2D eigenvalue weighted by Gasteiger charge is 2.31. The van der Waals surface area contributed by atoms with E-state index < -0.39 is 12.0 Å². The summed E-state index contributed by atoms with van der Waals surface area (Å²) in [6.45, 7) is 0.972. The predicted molar refractivity (Wildman–Crippen MR) is 91.5 cm³/mol. The molecule has 3 rings (SSSR count). The number of hydrogen-bond acceptors (Lipinski definition) is 3. The molecule has 0 unspecified atom stereocenters. The van der Waals surface area contributed by atoms with Crippen LogP contribution in [-0.4, -0.2) is 36.1 Å². The number of aliphatic carboxylic acids is 1. The molecule has 1 atom stereocenters. The fraction of sp³-hybridized carbons (Fsp3) is 0.316. The molecular formula is C19H21FN2O2. The monoisotopic (exact) mass is 328 g/mol. The van der Waals surface area contributed by atoms with Crippen molar-refractivity contribution in [1.82, 2.24) is 4.90 Å². The summed E-state index contributed by atoms with van der Waals surface area (Å²) in [6.07, 6.45) is 0.404. The van der Waals surface area contributed by atoms with Gasteiger partial charge >= 0.3 is 5.97 Å². The van der Waals surface area contributed by atoms with Crippen LogP contribution in [0.3, 0.4) is 0 Å². The van der Waals surface area contributed by atoms with Gasteiger partial charge in [0.25, 0.3) is 0 Å². The summed E-state index contributed by atoms with van der Waals surface area (Å²) in [5.74, 6) is -1.12. The van der Waals surface area contributed by atoms with Gasteiger partial charge in [0.2, 0.25) is 0 Å². The number of benzene rings is 2. The molecule has 2 aromatic rings. The molecule has 0 amide bonds. The largest absolute Gasteiger partial charge is 0.480 e. The Morgan fingerprint density at radius 2 is 1.92 bits per heavy atom. The first kappa shape index (κ1) is 16.5. The van der Waals surface area contributed by atoms with Gasteiger partial charge in [0.15, 0.2) is 0 Å². The van der Waals surface area contributed by atoms with Gasteiger partial charge in [0.05, 0.1) is 0 Å². The Kier molecular flexibility index (Phi) is 4.53. The second-order valence-electron chi connectivity index (χ2n) is 6.44. The lowest BCUT2D eigenvalue weighted by Crippen LogP contribution is -2.45. The molecule has 0 spiro atoms. The third-order valence-electron chi connectivity index (χ3n) is 4.52. The zero-order valence-corrected chi connectivity index (χ0v) is 13.9. The Bertz CT molecular complexity index is 744. The number of hydrogen-bond donors (Lipinski definition) is 1. The summed E-state index contributed by atoms with van der Waals surface area (Å²) >= 11 is 0. The standard InChI is InChI=1S/C19H21FN2O2/c1-21(2)17-7-3-13(4-8-17)11-22-12-15-9-16(20)6-5-14(15)10-18(22)19(23)24/h3-9,18H,10-12H2,1-2H3,(H,23,24)/t18-/m1/s1. The SMILES string of the molecule is CN(C)c1ccc(CN2Cc3cc(F)ccc3C[C@@H]2C(=O)O)cc1. The average Bonchev–Trinajstić information content (AvgIpc) is 2.54. The molecule has 0 saturated heterocycles. The number of carbonyl (C=O) groups is 1. The zero-order chi connectivity index (χ0) is 17.3. The summed E-state index contributed by atoms with van der Waals surface area (Å²) in [5, 5.41) is 9.56. The van der Waals surface area contributed by atoms with Crippen LogP contribution in [0, 0.1) is 5.82 Å². The second kappa shape index (κ2) is 6.61. The van der Waals surface area contributed by atoms with E-state index in [1.807, 2.05) is 48.2 Å². The first-order chi connectivity index (χ1) is 11.4. The van der Waals surface area contributed by atoms with Gasteiger partial charge < -0.3 is 10.0 Å².